The first kappa shape index (κ1) is 11.0. The van der Waals surface area contributed by atoms with Crippen molar-refractivity contribution in [1.82, 2.24) is 4.90 Å². The summed E-state index contributed by atoms with van der Waals surface area (Å²) in [6.45, 7) is 7.47. The Morgan fingerprint density at radius 3 is 2.77 bits per heavy atom. The highest BCUT2D eigenvalue weighted by atomic mass is 16.5. The fourth-order valence-electron chi connectivity index (χ4n) is 1.89. The van der Waals surface area contributed by atoms with Gasteiger partial charge in [-0.15, -0.1) is 0 Å². The van der Waals surface area contributed by atoms with Crippen LogP contribution in [0.5, 0.6) is 0 Å². The van der Waals surface area contributed by atoms with Gasteiger partial charge in [0.05, 0.1) is 13.2 Å². The van der Waals surface area contributed by atoms with E-state index in [0.717, 1.165) is 19.8 Å². The Bertz CT molecular complexity index is 149. The summed E-state index contributed by atoms with van der Waals surface area (Å²) in [5, 5.41) is 0. The largest absolute Gasteiger partial charge is 0.378 e. The summed E-state index contributed by atoms with van der Waals surface area (Å²) < 4.78 is 5.54. The third kappa shape index (κ3) is 2.96. The highest BCUT2D eigenvalue weighted by Crippen LogP contribution is 2.24. The van der Waals surface area contributed by atoms with Gasteiger partial charge in [0.1, 0.15) is 0 Å². The van der Waals surface area contributed by atoms with Crippen LogP contribution in [0.15, 0.2) is 0 Å². The highest BCUT2D eigenvalue weighted by Gasteiger charge is 2.31. The molecule has 0 bridgehead atoms. The van der Waals surface area contributed by atoms with Crippen molar-refractivity contribution in [2.24, 2.45) is 0 Å². The minimum Gasteiger partial charge on any atom is -0.378 e. The molecule has 0 saturated carbocycles. The van der Waals surface area contributed by atoms with Gasteiger partial charge in [0.2, 0.25) is 0 Å². The van der Waals surface area contributed by atoms with Gasteiger partial charge in [0.15, 0.2) is 0 Å². The van der Waals surface area contributed by atoms with Crippen LogP contribution in [0.4, 0.5) is 0 Å². The molecule has 2 heteroatoms. The first-order chi connectivity index (χ1) is 6.19. The molecule has 1 aliphatic rings. The molecule has 1 saturated heterocycles. The van der Waals surface area contributed by atoms with E-state index in [0.29, 0.717) is 5.54 Å². The molecule has 0 aromatic rings. The maximum absolute atomic E-state index is 5.54. The topological polar surface area (TPSA) is 12.5 Å². The number of rotatable bonds is 4. The minimum atomic E-state index is 0.299. The van der Waals surface area contributed by atoms with Crippen LogP contribution >= 0.6 is 0 Å². The first-order valence-electron chi connectivity index (χ1n) is 5.48. The third-order valence-electron chi connectivity index (χ3n) is 3.22. The molecule has 1 aliphatic heterocycles. The van der Waals surface area contributed by atoms with Gasteiger partial charge in [-0.2, -0.15) is 0 Å². The molecule has 1 atom stereocenters. The van der Waals surface area contributed by atoms with Gasteiger partial charge in [-0.3, -0.25) is 4.90 Å². The molecule has 0 aliphatic carbocycles. The highest BCUT2D eigenvalue weighted by molar-refractivity contribution is 4.86. The molecule has 0 spiro atoms. The predicted octanol–water partition coefficient (Wildman–Crippen LogP) is 2.29. The van der Waals surface area contributed by atoms with Crippen molar-refractivity contribution in [2.45, 2.75) is 45.1 Å². The average molecular weight is 185 g/mol. The summed E-state index contributed by atoms with van der Waals surface area (Å²) in [5.74, 6) is 0. The van der Waals surface area contributed by atoms with Crippen molar-refractivity contribution < 1.29 is 4.74 Å². The Morgan fingerprint density at radius 2 is 2.15 bits per heavy atom. The Labute approximate surface area is 82.3 Å². The van der Waals surface area contributed by atoms with E-state index < -0.39 is 0 Å². The molecular formula is C11H23NO. The number of unbranched alkanes of at least 4 members (excludes halogenated alkanes) is 2. The average Bonchev–Trinajstić information content (AvgIpc) is 2.11. The zero-order valence-corrected chi connectivity index (χ0v) is 9.31. The molecule has 0 amide bonds. The van der Waals surface area contributed by atoms with Gasteiger partial charge < -0.3 is 4.74 Å². The number of morpholine rings is 1. The van der Waals surface area contributed by atoms with Crippen LogP contribution in [-0.2, 0) is 4.74 Å². The van der Waals surface area contributed by atoms with Crippen molar-refractivity contribution >= 4 is 0 Å². The molecule has 13 heavy (non-hydrogen) atoms. The lowest BCUT2D eigenvalue weighted by molar-refractivity contribution is -0.0514. The summed E-state index contributed by atoms with van der Waals surface area (Å²) in [6, 6.07) is 0. The zero-order chi connectivity index (χ0) is 9.73. The van der Waals surface area contributed by atoms with E-state index in [4.69, 9.17) is 4.74 Å². The van der Waals surface area contributed by atoms with Crippen molar-refractivity contribution in [3.63, 3.8) is 0 Å². The number of ether oxygens (including phenoxy) is 1. The molecule has 0 aromatic carbocycles. The van der Waals surface area contributed by atoms with Crippen LogP contribution in [0.3, 0.4) is 0 Å². The molecule has 1 unspecified atom stereocenters. The fourth-order valence-corrected chi connectivity index (χ4v) is 1.89. The summed E-state index contributed by atoms with van der Waals surface area (Å²) in [7, 11) is 2.22. The summed E-state index contributed by atoms with van der Waals surface area (Å²) in [6.07, 6.45) is 5.27. The van der Waals surface area contributed by atoms with E-state index in [1.807, 2.05) is 0 Å². The summed E-state index contributed by atoms with van der Waals surface area (Å²) in [4.78, 5) is 2.45. The zero-order valence-electron chi connectivity index (χ0n) is 9.31. The summed E-state index contributed by atoms with van der Waals surface area (Å²) >= 11 is 0. The Morgan fingerprint density at radius 1 is 1.38 bits per heavy atom. The van der Waals surface area contributed by atoms with E-state index in [-0.39, 0.29) is 0 Å². The molecule has 0 aromatic heterocycles. The van der Waals surface area contributed by atoms with Gasteiger partial charge in [-0.25, -0.2) is 0 Å². The number of nitrogens with zero attached hydrogens (tertiary/aromatic N) is 1. The van der Waals surface area contributed by atoms with Crippen LogP contribution < -0.4 is 0 Å². The number of likely N-dealkylation sites (N-methyl/N-ethyl adjacent to an activating group) is 1. The monoisotopic (exact) mass is 185 g/mol. The van der Waals surface area contributed by atoms with E-state index in [1.54, 1.807) is 0 Å². The van der Waals surface area contributed by atoms with Gasteiger partial charge >= 0.3 is 0 Å². The van der Waals surface area contributed by atoms with Crippen molar-refractivity contribution in [3.8, 4) is 0 Å². The SMILES string of the molecule is CCCCCC1(C)COCCN1C. The molecule has 1 fully saturated rings. The van der Waals surface area contributed by atoms with Crippen molar-refractivity contribution in [1.29, 1.82) is 0 Å². The van der Waals surface area contributed by atoms with Gasteiger partial charge in [-0.1, -0.05) is 26.2 Å². The Balaban J connectivity index is 2.33. The third-order valence-corrected chi connectivity index (χ3v) is 3.22. The molecule has 78 valence electrons. The van der Waals surface area contributed by atoms with Crippen LogP contribution in [0.25, 0.3) is 0 Å². The standard InChI is InChI=1S/C11H23NO/c1-4-5-6-7-11(2)10-13-9-8-12(11)3/h4-10H2,1-3H3. The van der Waals surface area contributed by atoms with Gasteiger partial charge in [0.25, 0.3) is 0 Å². The second kappa shape index (κ2) is 4.97. The molecule has 1 heterocycles. The summed E-state index contributed by atoms with van der Waals surface area (Å²) in [5.41, 5.74) is 0.299. The molecule has 0 N–H and O–H groups in total. The second-order valence-corrected chi connectivity index (χ2v) is 4.43. The second-order valence-electron chi connectivity index (χ2n) is 4.43. The van der Waals surface area contributed by atoms with Crippen LogP contribution in [-0.4, -0.2) is 37.2 Å². The molecule has 2 nitrogen and oxygen atoms in total. The molecule has 1 rings (SSSR count). The maximum atomic E-state index is 5.54. The predicted molar refractivity (Wildman–Crippen MR) is 56.0 cm³/mol. The van der Waals surface area contributed by atoms with E-state index in [2.05, 4.69) is 25.8 Å². The minimum absolute atomic E-state index is 0.299. The lowest BCUT2D eigenvalue weighted by Crippen LogP contribution is -2.52. The fraction of sp³-hybridized carbons (Fsp3) is 1.00. The lowest BCUT2D eigenvalue weighted by Gasteiger charge is -2.42. The van der Waals surface area contributed by atoms with Gasteiger partial charge in [0, 0.05) is 12.1 Å². The quantitative estimate of drug-likeness (QED) is 0.623. The van der Waals surface area contributed by atoms with E-state index in [1.165, 1.54) is 25.7 Å². The Kier molecular flexibility index (Phi) is 4.20. The number of hydrogen-bond acceptors (Lipinski definition) is 2. The van der Waals surface area contributed by atoms with Crippen LogP contribution in [0, 0.1) is 0 Å². The van der Waals surface area contributed by atoms with Crippen molar-refractivity contribution in [2.75, 3.05) is 26.8 Å². The van der Waals surface area contributed by atoms with Crippen molar-refractivity contribution in [3.05, 3.63) is 0 Å². The number of hydrogen-bond donors (Lipinski definition) is 0. The smallest absolute Gasteiger partial charge is 0.0648 e. The van der Waals surface area contributed by atoms with Gasteiger partial charge in [-0.05, 0) is 20.4 Å². The lowest BCUT2D eigenvalue weighted by atomic mass is 9.92. The van der Waals surface area contributed by atoms with Crippen LogP contribution in [0.2, 0.25) is 0 Å². The van der Waals surface area contributed by atoms with E-state index in [9.17, 15) is 0 Å². The molecule has 0 radical (unpaired) electrons. The maximum Gasteiger partial charge on any atom is 0.0648 e. The van der Waals surface area contributed by atoms with Crippen LogP contribution in [0.1, 0.15) is 39.5 Å². The first-order valence-corrected chi connectivity index (χ1v) is 5.48. The normalized spacial score (nSPS) is 30.7. The molecular weight excluding hydrogens is 162 g/mol. The Hall–Kier alpha value is -0.0800. The van der Waals surface area contributed by atoms with E-state index >= 15 is 0 Å².